The third-order valence-electron chi connectivity index (χ3n) is 1.63. The first-order valence-corrected chi connectivity index (χ1v) is 5.36. The maximum absolute atomic E-state index is 11.4. The van der Waals surface area contributed by atoms with Crippen molar-refractivity contribution < 1.29 is 4.74 Å². The minimum absolute atomic E-state index is 0.0344. The minimum atomic E-state index is -0.141. The van der Waals surface area contributed by atoms with E-state index in [0.717, 1.165) is 0 Å². The van der Waals surface area contributed by atoms with E-state index in [0.29, 0.717) is 12.6 Å². The van der Waals surface area contributed by atoms with Crippen LogP contribution in [0.15, 0.2) is 4.79 Å². The van der Waals surface area contributed by atoms with Crippen LogP contribution in [0.5, 0.6) is 6.01 Å². The van der Waals surface area contributed by atoms with E-state index in [4.69, 9.17) is 4.74 Å². The molecule has 1 heterocycles. The molecule has 0 atom stereocenters. The van der Waals surface area contributed by atoms with Gasteiger partial charge in [-0.15, -0.1) is 5.10 Å². The van der Waals surface area contributed by atoms with Gasteiger partial charge in [0.1, 0.15) is 0 Å². The fourth-order valence-electron chi connectivity index (χ4n) is 1.05. The number of hydrogen-bond acceptors (Lipinski definition) is 3. The summed E-state index contributed by atoms with van der Waals surface area (Å²) < 4.78 is 8.15. The SMILES string of the molecule is CC.CCn1c(OC(C)C)nn(C)c1=O. The molecule has 1 rings (SSSR count). The normalized spacial score (nSPS) is 9.80. The Hall–Kier alpha value is -1.26. The summed E-state index contributed by atoms with van der Waals surface area (Å²) >= 11 is 0. The van der Waals surface area contributed by atoms with E-state index in [1.54, 1.807) is 7.05 Å². The molecule has 0 bridgehead atoms. The molecule has 0 aliphatic rings. The first-order chi connectivity index (χ1) is 7.06. The maximum Gasteiger partial charge on any atom is 0.348 e. The van der Waals surface area contributed by atoms with E-state index in [1.807, 2.05) is 34.6 Å². The molecule has 15 heavy (non-hydrogen) atoms. The molecule has 0 unspecified atom stereocenters. The lowest BCUT2D eigenvalue weighted by Crippen LogP contribution is -2.22. The van der Waals surface area contributed by atoms with Gasteiger partial charge in [-0.1, -0.05) is 13.8 Å². The average Bonchev–Trinajstić information content (AvgIpc) is 2.44. The highest BCUT2D eigenvalue weighted by atomic mass is 16.5. The molecule has 0 saturated carbocycles. The molecule has 5 nitrogen and oxygen atoms in total. The number of ether oxygens (including phenoxy) is 1. The van der Waals surface area contributed by atoms with Crippen LogP contribution in [0, 0.1) is 0 Å². The summed E-state index contributed by atoms with van der Waals surface area (Å²) in [6.07, 6.45) is 0.0344. The number of rotatable bonds is 3. The Labute approximate surface area is 90.7 Å². The van der Waals surface area contributed by atoms with Gasteiger partial charge in [-0.3, -0.25) is 0 Å². The van der Waals surface area contributed by atoms with Gasteiger partial charge >= 0.3 is 11.7 Å². The average molecular weight is 215 g/mol. The van der Waals surface area contributed by atoms with Gasteiger partial charge in [0.2, 0.25) is 0 Å². The van der Waals surface area contributed by atoms with Crippen molar-refractivity contribution in [3.05, 3.63) is 10.5 Å². The van der Waals surface area contributed by atoms with Gasteiger partial charge in [0.05, 0.1) is 6.10 Å². The molecule has 5 heteroatoms. The molecule has 88 valence electrons. The fourth-order valence-corrected chi connectivity index (χ4v) is 1.05. The van der Waals surface area contributed by atoms with Crippen LogP contribution >= 0.6 is 0 Å². The van der Waals surface area contributed by atoms with Crippen molar-refractivity contribution in [2.75, 3.05) is 0 Å². The summed E-state index contributed by atoms with van der Waals surface area (Å²) in [5.41, 5.74) is -0.141. The van der Waals surface area contributed by atoms with Crippen LogP contribution in [0.1, 0.15) is 34.6 Å². The van der Waals surface area contributed by atoms with Crippen molar-refractivity contribution >= 4 is 0 Å². The zero-order chi connectivity index (χ0) is 12.0. The maximum atomic E-state index is 11.4. The molecule has 0 radical (unpaired) electrons. The first kappa shape index (κ1) is 13.7. The Morgan fingerprint density at radius 1 is 1.40 bits per heavy atom. The van der Waals surface area contributed by atoms with Gasteiger partial charge in [0.25, 0.3) is 0 Å². The van der Waals surface area contributed by atoms with E-state index in [-0.39, 0.29) is 11.8 Å². The standard InChI is InChI=1S/C8H15N3O2.C2H6/c1-5-11-7(13-6(2)3)9-10(4)8(11)12;1-2/h6H,5H2,1-4H3;1-2H3. The predicted octanol–water partition coefficient (Wildman–Crippen LogP) is 1.42. The summed E-state index contributed by atoms with van der Waals surface area (Å²) in [7, 11) is 1.61. The lowest BCUT2D eigenvalue weighted by Gasteiger charge is -2.07. The highest BCUT2D eigenvalue weighted by Gasteiger charge is 2.11. The van der Waals surface area contributed by atoms with E-state index in [9.17, 15) is 4.79 Å². The summed E-state index contributed by atoms with van der Waals surface area (Å²) in [4.78, 5) is 11.4. The predicted molar refractivity (Wildman–Crippen MR) is 60.3 cm³/mol. The molecular weight excluding hydrogens is 194 g/mol. The molecule has 1 aromatic rings. The Morgan fingerprint density at radius 2 is 1.93 bits per heavy atom. The quantitative estimate of drug-likeness (QED) is 0.766. The van der Waals surface area contributed by atoms with Crippen molar-refractivity contribution in [3.8, 4) is 6.01 Å². The van der Waals surface area contributed by atoms with Crippen LogP contribution in [0.3, 0.4) is 0 Å². The van der Waals surface area contributed by atoms with Crippen LogP contribution in [-0.4, -0.2) is 20.5 Å². The first-order valence-electron chi connectivity index (χ1n) is 5.36. The Bertz CT molecular complexity index is 339. The van der Waals surface area contributed by atoms with Gasteiger partial charge in [0.15, 0.2) is 0 Å². The minimum Gasteiger partial charge on any atom is -0.461 e. The van der Waals surface area contributed by atoms with E-state index < -0.39 is 0 Å². The lowest BCUT2D eigenvalue weighted by molar-refractivity contribution is 0.210. The van der Waals surface area contributed by atoms with Crippen LogP contribution < -0.4 is 10.4 Å². The molecule has 1 aromatic heterocycles. The van der Waals surface area contributed by atoms with E-state index in [1.165, 1.54) is 9.25 Å². The van der Waals surface area contributed by atoms with Crippen LogP contribution in [0.4, 0.5) is 0 Å². The van der Waals surface area contributed by atoms with Gasteiger partial charge in [-0.2, -0.15) is 0 Å². The van der Waals surface area contributed by atoms with Gasteiger partial charge < -0.3 is 4.74 Å². The molecule has 0 amide bonds. The van der Waals surface area contributed by atoms with E-state index in [2.05, 4.69) is 5.10 Å². The fraction of sp³-hybridized carbons (Fsp3) is 0.800. The molecule has 0 saturated heterocycles. The van der Waals surface area contributed by atoms with Crippen molar-refractivity contribution in [1.29, 1.82) is 0 Å². The summed E-state index contributed by atoms with van der Waals surface area (Å²) in [6.45, 7) is 10.3. The van der Waals surface area contributed by atoms with Gasteiger partial charge in [0, 0.05) is 13.6 Å². The van der Waals surface area contributed by atoms with Gasteiger partial charge in [-0.25, -0.2) is 14.0 Å². The smallest absolute Gasteiger partial charge is 0.348 e. The largest absolute Gasteiger partial charge is 0.461 e. The number of nitrogens with zero attached hydrogens (tertiary/aromatic N) is 3. The molecule has 0 fully saturated rings. The van der Waals surface area contributed by atoms with Gasteiger partial charge in [-0.05, 0) is 20.8 Å². The van der Waals surface area contributed by atoms with Crippen molar-refractivity contribution in [2.24, 2.45) is 7.05 Å². The topological polar surface area (TPSA) is 49.0 Å². The zero-order valence-electron chi connectivity index (χ0n) is 10.4. The molecule has 0 aromatic carbocycles. The Balaban J connectivity index is 0.000000921. The second kappa shape index (κ2) is 6.27. The van der Waals surface area contributed by atoms with Crippen molar-refractivity contribution in [3.63, 3.8) is 0 Å². The molecule has 0 spiro atoms. The zero-order valence-corrected chi connectivity index (χ0v) is 10.4. The van der Waals surface area contributed by atoms with Crippen LogP contribution in [0.25, 0.3) is 0 Å². The summed E-state index contributed by atoms with van der Waals surface area (Å²) in [5.74, 6) is 0. The van der Waals surface area contributed by atoms with Crippen LogP contribution in [0.2, 0.25) is 0 Å². The number of aromatic nitrogens is 3. The summed E-state index contributed by atoms with van der Waals surface area (Å²) in [5, 5.41) is 3.97. The third-order valence-corrected chi connectivity index (χ3v) is 1.63. The monoisotopic (exact) mass is 215 g/mol. The van der Waals surface area contributed by atoms with Crippen LogP contribution in [-0.2, 0) is 13.6 Å². The second-order valence-electron chi connectivity index (χ2n) is 3.10. The highest BCUT2D eigenvalue weighted by Crippen LogP contribution is 2.04. The molecule has 0 aliphatic carbocycles. The Kier molecular flexibility index (Phi) is 5.74. The Morgan fingerprint density at radius 3 is 2.33 bits per heavy atom. The van der Waals surface area contributed by atoms with Crippen molar-refractivity contribution in [2.45, 2.75) is 47.3 Å². The third kappa shape index (κ3) is 3.42. The van der Waals surface area contributed by atoms with E-state index >= 15 is 0 Å². The number of hydrogen-bond donors (Lipinski definition) is 0. The number of aryl methyl sites for hydroxylation is 1. The summed E-state index contributed by atoms with van der Waals surface area (Å²) in [6, 6.07) is 0.394. The lowest BCUT2D eigenvalue weighted by atomic mass is 10.5. The highest BCUT2D eigenvalue weighted by molar-refractivity contribution is 4.93. The molecular formula is C10H21N3O2. The van der Waals surface area contributed by atoms with Crippen molar-refractivity contribution in [1.82, 2.24) is 14.3 Å². The molecule has 0 aliphatic heterocycles. The second-order valence-corrected chi connectivity index (χ2v) is 3.10. The molecule has 0 N–H and O–H groups in total.